The first-order valence-electron chi connectivity index (χ1n) is 23.3. The van der Waals surface area contributed by atoms with E-state index in [0.717, 1.165) is 31.6 Å². The van der Waals surface area contributed by atoms with Crippen LogP contribution in [-0.2, 0) is 14.3 Å². The predicted molar refractivity (Wildman–Crippen MR) is 322 cm³/mol. The summed E-state index contributed by atoms with van der Waals surface area (Å²) < 4.78 is 272. The van der Waals surface area contributed by atoms with Crippen molar-refractivity contribution < 1.29 is 145 Å². The highest BCUT2D eigenvalue weighted by Gasteiger charge is 2.39. The van der Waals surface area contributed by atoms with Gasteiger partial charge in [0, 0.05) is 21.6 Å². The molecule has 0 saturated carbocycles. The first kappa shape index (κ1) is 95.9. The standard InChI is InChI=1S/C10H10F3NO4.C7H3ClF2N2O.C6HCl3F3NO.2C6H3Cl2F3N2O.C5HBr2F3OS.C5Cl3F3N2O.CO2/c1-5-4-6(16-2)8(18-10(11,12)13)7(14-5)9(15)17-3;8-6-2-1-5(13-7(9)10)4(3-11)12-6;7-2-1-3(8)13-5(9)4(2)14-6(10,11)12;1-2-12-4(7)3(5(8)13-2)14-6(9,10)11;1-2-3(14-6(9,10)11)4(7)13-5(8)12-2;6-2-1-12-4(3(2)7)11-5(8,9)10;6-2-1(14-5(9,10)11)3(7)13-4(8)12-2;2-1-3/h4H,1-3H3;1-2,7H;1H;2*1H3;1H;;. The second-order valence-electron chi connectivity index (χ2n) is 15.5. The number of pyridine rings is 3. The number of hydrogen-bond donors (Lipinski definition) is 0. The van der Waals surface area contributed by atoms with Crippen LogP contribution in [0.15, 0.2) is 38.6 Å². The molecule has 0 aliphatic heterocycles. The molecule has 0 aromatic carbocycles. The molecule has 7 rings (SSSR count). The summed E-state index contributed by atoms with van der Waals surface area (Å²) in [4.78, 5) is 58.3. The highest BCUT2D eigenvalue weighted by atomic mass is 79.9. The lowest BCUT2D eigenvalue weighted by Gasteiger charge is -2.15. The average molecular weight is 1870 g/mol. The maximum Gasteiger partial charge on any atom is 0.573 e. The maximum absolute atomic E-state index is 12.2. The van der Waals surface area contributed by atoms with Crippen LogP contribution in [0.4, 0.5) is 87.8 Å². The molecule has 0 aliphatic rings. The quantitative estimate of drug-likeness (QED) is 0.0404. The van der Waals surface area contributed by atoms with Crippen LogP contribution in [0.25, 0.3) is 0 Å². The van der Waals surface area contributed by atoms with Gasteiger partial charge in [-0.25, -0.2) is 49.7 Å². The average Bonchev–Trinajstić information content (AvgIpc) is 1.08. The lowest BCUT2D eigenvalue weighted by Crippen LogP contribution is -2.21. The number of methoxy groups -OCH3 is 2. The number of aromatic nitrogens is 9. The molecule has 564 valence electrons. The second-order valence-corrected chi connectivity index (χ2v) is 22.0. The molecule has 0 unspecified atom stereocenters. The van der Waals surface area contributed by atoms with Crippen LogP contribution in [0, 0.1) is 32.1 Å². The number of nitrogens with zero attached hydrogens (tertiary/aromatic N) is 10. The number of halogens is 33. The molecule has 0 radical (unpaired) electrons. The lowest BCUT2D eigenvalue weighted by atomic mass is 10.2. The fraction of sp³-hybridized carbons (Fsp3) is 0.261. The van der Waals surface area contributed by atoms with Gasteiger partial charge in [0.2, 0.25) is 27.8 Å². The van der Waals surface area contributed by atoms with Crippen molar-refractivity contribution >= 4 is 183 Å². The molecule has 56 heteroatoms. The monoisotopic (exact) mass is 1860 g/mol. The first-order valence-corrected chi connectivity index (χ1v) is 29.9. The Labute approximate surface area is 628 Å². The van der Waals surface area contributed by atoms with Crippen LogP contribution >= 0.6 is 171 Å². The number of carbonyl (C=O) groups excluding carboxylic acids is 3. The van der Waals surface area contributed by atoms with E-state index in [1.807, 2.05) is 0 Å². The second kappa shape index (κ2) is 42.7. The Bertz CT molecular complexity index is 3650. The molecule has 0 saturated heterocycles. The zero-order valence-corrected chi connectivity index (χ0v) is 60.5. The molecule has 0 N–H and O–H groups in total. The molecule has 102 heavy (non-hydrogen) atoms. The summed E-state index contributed by atoms with van der Waals surface area (Å²) in [5.74, 6) is -5.28. The van der Waals surface area contributed by atoms with Crippen molar-refractivity contribution in [2.75, 3.05) is 14.2 Å². The Kier molecular flexibility index (Phi) is 40.2. The number of thiophene rings is 1. The molecule has 7 heterocycles. The zero-order chi connectivity index (χ0) is 79.6. The molecule has 7 aromatic heterocycles. The van der Waals surface area contributed by atoms with Gasteiger partial charge >= 0.3 is 56.9 Å². The first-order chi connectivity index (χ1) is 46.4. The molecular formula is C46H21Br2Cl11F20N10O12S. The van der Waals surface area contributed by atoms with Gasteiger partial charge in [-0.2, -0.15) is 23.6 Å². The van der Waals surface area contributed by atoms with Crippen molar-refractivity contribution in [3.05, 3.63) is 124 Å². The Balaban J connectivity index is 0.00000116. The van der Waals surface area contributed by atoms with Crippen LogP contribution in [0.1, 0.15) is 33.4 Å². The van der Waals surface area contributed by atoms with Crippen molar-refractivity contribution in [2.24, 2.45) is 0 Å². The molecule has 22 nitrogen and oxygen atoms in total. The van der Waals surface area contributed by atoms with Crippen molar-refractivity contribution in [3.8, 4) is 51.4 Å². The highest BCUT2D eigenvalue weighted by Crippen LogP contribution is 2.43. The summed E-state index contributed by atoms with van der Waals surface area (Å²) in [6, 6.07) is 6.23. The predicted octanol–water partition coefficient (Wildman–Crippen LogP) is 21.1. The van der Waals surface area contributed by atoms with Gasteiger partial charge in [-0.05, 0) is 94.0 Å². The fourth-order valence-corrected chi connectivity index (χ4v) is 9.69. The summed E-state index contributed by atoms with van der Waals surface area (Å²) in [7, 11) is 2.18. The lowest BCUT2D eigenvalue weighted by molar-refractivity contribution is -0.276. The third-order valence-corrected chi connectivity index (χ3v) is 14.2. The van der Waals surface area contributed by atoms with Crippen LogP contribution in [0.5, 0.6) is 45.3 Å². The SMILES string of the molecule is COC(=O)c1nc(C)cc(OC)c1OC(F)(F)F.Cc1nc(Cl)c(OC(F)(F)F)c(Cl)n1.Cc1nc(Cl)nc(Cl)c1OC(F)(F)F.FC(F)(F)Oc1c(Cl)cc(Cl)nc1Cl.FC(F)(F)Oc1c(Cl)nc(Cl)nc1Cl.FC(F)(F)Oc1scc(Br)c1Br.N#Cc1nc(Cl)ccc1OC(F)F.O=C=O. The molecule has 0 atom stereocenters. The van der Waals surface area contributed by atoms with Crippen molar-refractivity contribution in [1.29, 1.82) is 5.26 Å². The summed E-state index contributed by atoms with van der Waals surface area (Å²) in [6.45, 7) is 1.23. The number of nitriles is 1. The molecule has 0 spiro atoms. The van der Waals surface area contributed by atoms with E-state index in [9.17, 15) is 92.6 Å². The summed E-state index contributed by atoms with van der Waals surface area (Å²) in [5, 5.41) is 5.58. The molecular weight excluding hydrogens is 1850 g/mol. The van der Waals surface area contributed by atoms with Gasteiger partial charge in [-0.1, -0.05) is 104 Å². The van der Waals surface area contributed by atoms with E-state index < -0.39 is 116 Å². The Hall–Kier alpha value is -6.12. The van der Waals surface area contributed by atoms with E-state index in [-0.39, 0.29) is 70.3 Å². The summed E-state index contributed by atoms with van der Waals surface area (Å²) in [6.07, 6.45) is -28.8. The number of aryl methyl sites for hydroxylation is 3. The number of ether oxygens (including phenoxy) is 9. The van der Waals surface area contributed by atoms with Gasteiger partial charge in [0.25, 0.3) is 0 Å². The van der Waals surface area contributed by atoms with Crippen molar-refractivity contribution in [3.63, 3.8) is 0 Å². The van der Waals surface area contributed by atoms with E-state index in [1.54, 1.807) is 6.07 Å². The molecule has 0 fully saturated rings. The minimum Gasteiger partial charge on any atom is -0.493 e. The minimum absolute atomic E-state index is 0.0539. The third-order valence-electron chi connectivity index (χ3n) is 8.24. The largest absolute Gasteiger partial charge is 0.573 e. The molecule has 7 aromatic rings. The van der Waals surface area contributed by atoms with Crippen molar-refractivity contribution in [1.82, 2.24) is 44.9 Å². The summed E-state index contributed by atoms with van der Waals surface area (Å²) in [5.41, 5.74) is -0.631. The normalized spacial score (nSPS) is 11.0. The van der Waals surface area contributed by atoms with Gasteiger partial charge in [0.05, 0.1) is 29.4 Å². The molecule has 0 amide bonds. The number of alkyl halides is 20. The van der Waals surface area contributed by atoms with E-state index in [0.29, 0.717) is 10.2 Å². The van der Waals surface area contributed by atoms with E-state index in [1.165, 1.54) is 44.4 Å². The Morgan fingerprint density at radius 3 is 1.27 bits per heavy atom. The fourth-order valence-electron chi connectivity index (χ4n) is 5.05. The van der Waals surface area contributed by atoms with Crippen LogP contribution in [-0.4, -0.2) is 116 Å². The Morgan fingerprint density at radius 1 is 0.510 bits per heavy atom. The van der Waals surface area contributed by atoms with Gasteiger partial charge in [-0.15, -0.1) is 90.4 Å². The summed E-state index contributed by atoms with van der Waals surface area (Å²) >= 11 is 65.7. The highest BCUT2D eigenvalue weighted by molar-refractivity contribution is 9.13. The van der Waals surface area contributed by atoms with Gasteiger partial charge in [0.15, 0.2) is 70.4 Å². The number of carbonyl (C=O) groups is 1. The van der Waals surface area contributed by atoms with Crippen molar-refractivity contribution in [2.45, 2.75) is 65.6 Å². The van der Waals surface area contributed by atoms with Gasteiger partial charge in [-0.3, -0.25) is 0 Å². The molecule has 0 bridgehead atoms. The zero-order valence-electron chi connectivity index (χ0n) is 48.2. The smallest absolute Gasteiger partial charge is 0.493 e. The Morgan fingerprint density at radius 2 is 0.902 bits per heavy atom. The van der Waals surface area contributed by atoms with Gasteiger partial charge < -0.3 is 42.6 Å². The van der Waals surface area contributed by atoms with Crippen LogP contribution < -0.4 is 37.9 Å². The van der Waals surface area contributed by atoms with Crippen LogP contribution in [0.3, 0.4) is 0 Å². The van der Waals surface area contributed by atoms with E-state index in [2.05, 4.69) is 115 Å². The van der Waals surface area contributed by atoms with Crippen LogP contribution in [0.2, 0.25) is 56.8 Å². The minimum atomic E-state index is -4.97. The number of hydrogen-bond acceptors (Lipinski definition) is 23. The number of esters is 1. The van der Waals surface area contributed by atoms with E-state index in [4.69, 9.17) is 147 Å². The number of rotatable bonds is 10. The van der Waals surface area contributed by atoms with E-state index >= 15 is 0 Å². The van der Waals surface area contributed by atoms with Gasteiger partial charge in [0.1, 0.15) is 22.2 Å². The molecule has 0 aliphatic carbocycles. The maximum atomic E-state index is 12.2. The third kappa shape index (κ3) is 39.1. The topological polar surface area (TPSA) is 274 Å².